The normalized spacial score (nSPS) is 11.8. The molecule has 1 atom stereocenters. The molecule has 2 aromatic rings. The first-order valence-electron chi connectivity index (χ1n) is 11.7. The molecule has 0 saturated heterocycles. The monoisotopic (exact) mass is 438 g/mol. The van der Waals surface area contributed by atoms with Crippen LogP contribution in [0, 0.1) is 0 Å². The topological polar surface area (TPSA) is 58.6 Å². The first kappa shape index (κ1) is 25.4. The van der Waals surface area contributed by atoms with Crippen molar-refractivity contribution >= 4 is 11.8 Å². The third-order valence-electron chi connectivity index (χ3n) is 5.70. The van der Waals surface area contributed by atoms with Crippen molar-refractivity contribution in [3.8, 4) is 5.75 Å². The maximum Gasteiger partial charge on any atom is 0.242 e. The van der Waals surface area contributed by atoms with Gasteiger partial charge in [-0.2, -0.15) is 0 Å². The second-order valence-corrected chi connectivity index (χ2v) is 8.48. The van der Waals surface area contributed by atoms with Gasteiger partial charge in [-0.3, -0.25) is 9.59 Å². The van der Waals surface area contributed by atoms with E-state index < -0.39 is 6.04 Å². The molecule has 0 radical (unpaired) electrons. The van der Waals surface area contributed by atoms with E-state index in [1.807, 2.05) is 38.1 Å². The third kappa shape index (κ3) is 7.40. The van der Waals surface area contributed by atoms with E-state index in [0.717, 1.165) is 23.3 Å². The van der Waals surface area contributed by atoms with Crippen molar-refractivity contribution < 1.29 is 14.3 Å². The number of carbonyl (C=O) groups excluding carboxylic acids is 2. The zero-order chi connectivity index (χ0) is 23.5. The number of carbonyl (C=O) groups is 2. The van der Waals surface area contributed by atoms with Crippen LogP contribution in [0.2, 0.25) is 0 Å². The average Bonchev–Trinajstić information content (AvgIpc) is 2.81. The van der Waals surface area contributed by atoms with E-state index in [1.54, 1.807) is 12.0 Å². The smallest absolute Gasteiger partial charge is 0.242 e. The van der Waals surface area contributed by atoms with E-state index in [4.69, 9.17) is 4.74 Å². The van der Waals surface area contributed by atoms with Crippen molar-refractivity contribution in [2.45, 2.75) is 71.9 Å². The van der Waals surface area contributed by atoms with E-state index in [9.17, 15) is 9.59 Å². The molecular weight excluding hydrogens is 400 g/mol. The molecule has 2 rings (SSSR count). The minimum atomic E-state index is -0.497. The first-order chi connectivity index (χ1) is 15.4. The van der Waals surface area contributed by atoms with Gasteiger partial charge in [0.15, 0.2) is 0 Å². The van der Waals surface area contributed by atoms with E-state index >= 15 is 0 Å². The summed E-state index contributed by atoms with van der Waals surface area (Å²) >= 11 is 0. The van der Waals surface area contributed by atoms with Crippen molar-refractivity contribution in [2.75, 3.05) is 13.7 Å². The number of hydrogen-bond acceptors (Lipinski definition) is 3. The number of rotatable bonds is 12. The summed E-state index contributed by atoms with van der Waals surface area (Å²) in [6, 6.07) is 15.6. The fourth-order valence-electron chi connectivity index (χ4n) is 3.72. The lowest BCUT2D eigenvalue weighted by Gasteiger charge is -2.31. The standard InChI is InChI=1S/C27H38N2O3/c1-6-17-28-27(31)25(7-2)29(19-22-9-8-10-24(18-22)32-5)26(30)16-13-21-11-14-23(15-12-21)20(3)4/h8-12,14-15,18,20,25H,6-7,13,16-17,19H2,1-5H3,(H,28,31)/t25-/m1/s1. The van der Waals surface area contributed by atoms with Crippen LogP contribution >= 0.6 is 0 Å². The highest BCUT2D eigenvalue weighted by atomic mass is 16.5. The molecule has 32 heavy (non-hydrogen) atoms. The molecule has 0 aromatic heterocycles. The summed E-state index contributed by atoms with van der Waals surface area (Å²) in [5, 5.41) is 2.96. The molecule has 5 nitrogen and oxygen atoms in total. The molecule has 0 aliphatic carbocycles. The Morgan fingerprint density at radius 3 is 2.34 bits per heavy atom. The van der Waals surface area contributed by atoms with Crippen LogP contribution in [0.4, 0.5) is 0 Å². The summed E-state index contributed by atoms with van der Waals surface area (Å²) < 4.78 is 5.33. The molecule has 0 spiro atoms. The zero-order valence-electron chi connectivity index (χ0n) is 20.2. The van der Waals surface area contributed by atoms with Crippen LogP contribution in [0.15, 0.2) is 48.5 Å². The Morgan fingerprint density at radius 2 is 1.75 bits per heavy atom. The van der Waals surface area contributed by atoms with Crippen LogP contribution in [0.3, 0.4) is 0 Å². The predicted molar refractivity (Wildman–Crippen MR) is 130 cm³/mol. The van der Waals surface area contributed by atoms with Gasteiger partial charge < -0.3 is 15.0 Å². The van der Waals surface area contributed by atoms with Gasteiger partial charge >= 0.3 is 0 Å². The highest BCUT2D eigenvalue weighted by Gasteiger charge is 2.28. The van der Waals surface area contributed by atoms with Gasteiger partial charge in [-0.15, -0.1) is 0 Å². The Balaban J connectivity index is 2.18. The minimum Gasteiger partial charge on any atom is -0.497 e. The number of methoxy groups -OCH3 is 1. The van der Waals surface area contributed by atoms with E-state index in [2.05, 4.69) is 43.4 Å². The molecule has 0 aliphatic heterocycles. The minimum absolute atomic E-state index is 0.0146. The highest BCUT2D eigenvalue weighted by molar-refractivity contribution is 5.87. The van der Waals surface area contributed by atoms with Gasteiger partial charge in [-0.05, 0) is 54.0 Å². The molecule has 0 heterocycles. The van der Waals surface area contributed by atoms with Gasteiger partial charge in [-0.25, -0.2) is 0 Å². The van der Waals surface area contributed by atoms with E-state index in [1.165, 1.54) is 5.56 Å². The fraction of sp³-hybridized carbons (Fsp3) is 0.481. The van der Waals surface area contributed by atoms with Crippen molar-refractivity contribution in [2.24, 2.45) is 0 Å². The van der Waals surface area contributed by atoms with Crippen LogP contribution in [0.1, 0.15) is 69.6 Å². The van der Waals surface area contributed by atoms with Crippen LogP contribution in [-0.2, 0) is 22.6 Å². The number of benzene rings is 2. The summed E-state index contributed by atoms with van der Waals surface area (Å²) in [5.74, 6) is 1.12. The van der Waals surface area contributed by atoms with Crippen LogP contribution in [-0.4, -0.2) is 36.4 Å². The van der Waals surface area contributed by atoms with Gasteiger partial charge in [0, 0.05) is 19.5 Å². The maximum absolute atomic E-state index is 13.3. The van der Waals surface area contributed by atoms with Gasteiger partial charge in [0.2, 0.25) is 11.8 Å². The second kappa shape index (κ2) is 12.9. The molecule has 0 fully saturated rings. The zero-order valence-corrected chi connectivity index (χ0v) is 20.2. The van der Waals surface area contributed by atoms with Crippen LogP contribution in [0.25, 0.3) is 0 Å². The number of hydrogen-bond donors (Lipinski definition) is 1. The molecular formula is C27H38N2O3. The van der Waals surface area contributed by atoms with E-state index in [0.29, 0.717) is 38.3 Å². The number of nitrogens with zero attached hydrogens (tertiary/aromatic N) is 1. The van der Waals surface area contributed by atoms with Gasteiger partial charge in [-0.1, -0.05) is 64.1 Å². The van der Waals surface area contributed by atoms with Gasteiger partial charge in [0.05, 0.1) is 7.11 Å². The van der Waals surface area contributed by atoms with Crippen LogP contribution in [0.5, 0.6) is 5.75 Å². The number of aryl methyl sites for hydroxylation is 1. The Labute approximate surface area is 193 Å². The largest absolute Gasteiger partial charge is 0.497 e. The molecule has 0 saturated carbocycles. The lowest BCUT2D eigenvalue weighted by atomic mass is 10.00. The number of nitrogens with one attached hydrogen (secondary N) is 1. The summed E-state index contributed by atoms with van der Waals surface area (Å²) in [6.07, 6.45) is 2.44. The quantitative estimate of drug-likeness (QED) is 0.502. The molecule has 5 heteroatoms. The predicted octanol–water partition coefficient (Wildman–Crippen LogP) is 5.08. The van der Waals surface area contributed by atoms with Gasteiger partial charge in [0.1, 0.15) is 11.8 Å². The highest BCUT2D eigenvalue weighted by Crippen LogP contribution is 2.19. The molecule has 0 bridgehead atoms. The summed E-state index contributed by atoms with van der Waals surface area (Å²) in [6.45, 7) is 9.30. The lowest BCUT2D eigenvalue weighted by molar-refractivity contribution is -0.141. The van der Waals surface area contributed by atoms with Crippen molar-refractivity contribution in [1.82, 2.24) is 10.2 Å². The molecule has 0 unspecified atom stereocenters. The maximum atomic E-state index is 13.3. The average molecular weight is 439 g/mol. The van der Waals surface area contributed by atoms with E-state index in [-0.39, 0.29) is 11.8 Å². The first-order valence-corrected chi connectivity index (χ1v) is 11.7. The van der Waals surface area contributed by atoms with Crippen LogP contribution < -0.4 is 10.1 Å². The molecule has 2 amide bonds. The molecule has 174 valence electrons. The fourth-order valence-corrected chi connectivity index (χ4v) is 3.72. The summed E-state index contributed by atoms with van der Waals surface area (Å²) in [7, 11) is 1.62. The van der Waals surface area contributed by atoms with Gasteiger partial charge in [0.25, 0.3) is 0 Å². The SMILES string of the molecule is CCCNC(=O)[C@@H](CC)N(Cc1cccc(OC)c1)C(=O)CCc1ccc(C(C)C)cc1. The third-order valence-corrected chi connectivity index (χ3v) is 5.70. The Bertz CT molecular complexity index is 861. The number of ether oxygens (including phenoxy) is 1. The summed E-state index contributed by atoms with van der Waals surface area (Å²) in [4.78, 5) is 27.9. The molecule has 0 aliphatic rings. The lowest BCUT2D eigenvalue weighted by Crippen LogP contribution is -2.49. The van der Waals surface area contributed by atoms with Crippen molar-refractivity contribution in [1.29, 1.82) is 0 Å². The second-order valence-electron chi connectivity index (χ2n) is 8.48. The number of amides is 2. The molecule has 2 aromatic carbocycles. The van der Waals surface area contributed by atoms with Crippen molar-refractivity contribution in [3.05, 3.63) is 65.2 Å². The Kier molecular flexibility index (Phi) is 10.3. The Morgan fingerprint density at radius 1 is 1.03 bits per heavy atom. The Hall–Kier alpha value is -2.82. The molecule has 1 N–H and O–H groups in total. The van der Waals surface area contributed by atoms with Crippen molar-refractivity contribution in [3.63, 3.8) is 0 Å². The summed E-state index contributed by atoms with van der Waals surface area (Å²) in [5.41, 5.74) is 3.37.